The predicted octanol–water partition coefficient (Wildman–Crippen LogP) is 1.81. The lowest BCUT2D eigenvalue weighted by atomic mass is 9.87. The molecule has 1 fully saturated rings. The zero-order valence-electron chi connectivity index (χ0n) is 12.6. The van der Waals surface area contributed by atoms with E-state index in [1.165, 1.54) is 13.8 Å². The van der Waals surface area contributed by atoms with Crippen LogP contribution in [0.3, 0.4) is 0 Å². The van der Waals surface area contributed by atoms with Crippen molar-refractivity contribution in [1.82, 2.24) is 0 Å². The summed E-state index contributed by atoms with van der Waals surface area (Å²) in [5, 5.41) is 3.40. The van der Waals surface area contributed by atoms with Gasteiger partial charge in [-0.1, -0.05) is 18.2 Å². The van der Waals surface area contributed by atoms with Crippen LogP contribution in [0.4, 0.5) is 5.69 Å². The van der Waals surface area contributed by atoms with Crippen LogP contribution in [0.2, 0.25) is 0 Å². The monoisotopic (exact) mass is 305 g/mol. The van der Waals surface area contributed by atoms with E-state index in [1.807, 2.05) is 24.3 Å². The Morgan fingerprint density at radius 2 is 2.05 bits per heavy atom. The molecule has 0 aromatic heterocycles. The van der Waals surface area contributed by atoms with Crippen molar-refractivity contribution in [3.8, 4) is 0 Å². The highest BCUT2D eigenvalue weighted by Gasteiger charge is 2.45. The number of rotatable bonds is 3. The zero-order valence-corrected chi connectivity index (χ0v) is 12.6. The number of ether oxygens (including phenoxy) is 3. The van der Waals surface area contributed by atoms with Crippen molar-refractivity contribution in [3.63, 3.8) is 0 Å². The van der Waals surface area contributed by atoms with Crippen LogP contribution in [0.15, 0.2) is 24.3 Å². The number of hydrogen-bond donors (Lipinski definition) is 1. The summed E-state index contributed by atoms with van der Waals surface area (Å²) in [5.41, 5.74) is 2.07. The molecule has 118 valence electrons. The molecule has 1 aromatic carbocycles. The maximum atomic E-state index is 11.4. The summed E-state index contributed by atoms with van der Waals surface area (Å²) in [6.07, 6.45) is -0.334. The minimum Gasteiger partial charge on any atom is -0.463 e. The molecule has 6 heteroatoms. The Hall–Kier alpha value is -2.08. The highest BCUT2D eigenvalue weighted by atomic mass is 16.6. The fraction of sp³-hybridized carbons (Fsp3) is 0.500. The lowest BCUT2D eigenvalue weighted by Gasteiger charge is -2.45. The van der Waals surface area contributed by atoms with Crippen LogP contribution in [0.5, 0.6) is 0 Å². The Kier molecular flexibility index (Phi) is 4.02. The third-order valence-corrected chi connectivity index (χ3v) is 3.97. The molecule has 0 radical (unpaired) electrons. The first-order valence-electron chi connectivity index (χ1n) is 7.36. The molecule has 6 nitrogen and oxygen atoms in total. The number of carbonyl (C=O) groups is 2. The molecule has 1 N–H and O–H groups in total. The van der Waals surface area contributed by atoms with E-state index in [-0.39, 0.29) is 30.7 Å². The minimum atomic E-state index is -0.485. The fourth-order valence-electron chi connectivity index (χ4n) is 3.10. The summed E-state index contributed by atoms with van der Waals surface area (Å²) in [6, 6.07) is 7.85. The maximum absolute atomic E-state index is 11.4. The number of anilines is 1. The third kappa shape index (κ3) is 2.92. The molecule has 22 heavy (non-hydrogen) atoms. The van der Waals surface area contributed by atoms with E-state index in [0.29, 0.717) is 6.42 Å². The molecule has 1 aromatic rings. The van der Waals surface area contributed by atoms with Crippen LogP contribution in [-0.4, -0.2) is 36.8 Å². The van der Waals surface area contributed by atoms with Crippen LogP contribution in [-0.2, 0) is 23.8 Å². The molecular formula is C16H19NO5. The highest BCUT2D eigenvalue weighted by Crippen LogP contribution is 2.41. The van der Waals surface area contributed by atoms with Gasteiger partial charge in [0.15, 0.2) is 6.10 Å². The number of benzene rings is 1. The Balaban J connectivity index is 1.85. The van der Waals surface area contributed by atoms with Gasteiger partial charge in [0.2, 0.25) is 0 Å². The van der Waals surface area contributed by atoms with Gasteiger partial charge in [-0.3, -0.25) is 9.59 Å². The molecule has 2 heterocycles. The molecule has 2 bridgehead atoms. The second-order valence-electron chi connectivity index (χ2n) is 5.61. The molecule has 3 rings (SSSR count). The van der Waals surface area contributed by atoms with Gasteiger partial charge in [0.05, 0.1) is 12.1 Å². The van der Waals surface area contributed by atoms with Crippen LogP contribution in [0.25, 0.3) is 0 Å². The van der Waals surface area contributed by atoms with Crippen LogP contribution in [0.1, 0.15) is 31.9 Å². The van der Waals surface area contributed by atoms with Crippen LogP contribution >= 0.6 is 0 Å². The summed E-state index contributed by atoms with van der Waals surface area (Å²) in [6.45, 7) is 2.79. The molecule has 2 aliphatic heterocycles. The summed E-state index contributed by atoms with van der Waals surface area (Å²) in [7, 11) is 0. The lowest BCUT2D eigenvalue weighted by Crippen LogP contribution is -2.54. The van der Waals surface area contributed by atoms with E-state index in [1.54, 1.807) is 0 Å². The van der Waals surface area contributed by atoms with Gasteiger partial charge in [-0.2, -0.15) is 0 Å². The van der Waals surface area contributed by atoms with Crippen molar-refractivity contribution in [2.45, 2.75) is 44.6 Å². The SMILES string of the molecule is CC(=O)OCC1OC2CC(Nc3ccccc32)C1OC(C)=O. The Labute approximate surface area is 128 Å². The standard InChI is InChI=1S/C16H19NO5/c1-9(18)20-8-15-16(21-10(2)19)13-7-14(22-15)11-5-3-4-6-12(11)17-13/h3-6,13-17H,7-8H2,1-2H3. The molecule has 4 atom stereocenters. The van der Waals surface area contributed by atoms with Gasteiger partial charge in [0.25, 0.3) is 0 Å². The second-order valence-corrected chi connectivity index (χ2v) is 5.61. The molecule has 0 amide bonds. The van der Waals surface area contributed by atoms with Gasteiger partial charge in [-0.05, 0) is 6.07 Å². The fourth-order valence-corrected chi connectivity index (χ4v) is 3.10. The van der Waals surface area contributed by atoms with Crippen molar-refractivity contribution >= 4 is 17.6 Å². The molecule has 2 aliphatic rings. The van der Waals surface area contributed by atoms with Crippen molar-refractivity contribution < 1.29 is 23.8 Å². The van der Waals surface area contributed by atoms with E-state index in [4.69, 9.17) is 14.2 Å². The Bertz CT molecular complexity index is 588. The molecule has 0 aliphatic carbocycles. The minimum absolute atomic E-state index is 0.0573. The van der Waals surface area contributed by atoms with Crippen LogP contribution in [0, 0.1) is 0 Å². The Morgan fingerprint density at radius 1 is 1.27 bits per heavy atom. The van der Waals surface area contributed by atoms with Crippen molar-refractivity contribution in [2.24, 2.45) is 0 Å². The van der Waals surface area contributed by atoms with E-state index in [9.17, 15) is 9.59 Å². The van der Waals surface area contributed by atoms with Crippen LogP contribution < -0.4 is 5.32 Å². The summed E-state index contributed by atoms with van der Waals surface area (Å²) in [5.74, 6) is -0.755. The molecule has 4 unspecified atom stereocenters. The highest BCUT2D eigenvalue weighted by molar-refractivity contribution is 5.67. The van der Waals surface area contributed by atoms with E-state index in [0.717, 1.165) is 11.3 Å². The van der Waals surface area contributed by atoms with Crippen molar-refractivity contribution in [3.05, 3.63) is 29.8 Å². The number of carbonyl (C=O) groups excluding carboxylic acids is 2. The van der Waals surface area contributed by atoms with Crippen molar-refractivity contribution in [2.75, 3.05) is 11.9 Å². The van der Waals surface area contributed by atoms with E-state index >= 15 is 0 Å². The molecular weight excluding hydrogens is 286 g/mol. The number of nitrogens with one attached hydrogen (secondary N) is 1. The predicted molar refractivity (Wildman–Crippen MR) is 78.3 cm³/mol. The largest absolute Gasteiger partial charge is 0.463 e. The summed E-state index contributed by atoms with van der Waals surface area (Å²) >= 11 is 0. The summed E-state index contributed by atoms with van der Waals surface area (Å²) in [4.78, 5) is 22.4. The van der Waals surface area contributed by atoms with Gasteiger partial charge >= 0.3 is 11.9 Å². The number of hydrogen-bond acceptors (Lipinski definition) is 6. The first-order chi connectivity index (χ1) is 10.5. The first-order valence-corrected chi connectivity index (χ1v) is 7.36. The first kappa shape index (κ1) is 14.8. The number of para-hydroxylation sites is 1. The summed E-state index contributed by atoms with van der Waals surface area (Å²) < 4.78 is 16.5. The van der Waals surface area contributed by atoms with Gasteiger partial charge < -0.3 is 19.5 Å². The Morgan fingerprint density at radius 3 is 2.77 bits per heavy atom. The smallest absolute Gasteiger partial charge is 0.303 e. The average Bonchev–Trinajstić information content (AvgIpc) is 2.48. The normalized spacial score (nSPS) is 29.0. The second kappa shape index (κ2) is 5.96. The molecule has 0 spiro atoms. The van der Waals surface area contributed by atoms with Crippen molar-refractivity contribution in [1.29, 1.82) is 0 Å². The topological polar surface area (TPSA) is 73.9 Å². The lowest BCUT2D eigenvalue weighted by molar-refractivity contribution is -0.185. The van der Waals surface area contributed by atoms with Gasteiger partial charge in [0.1, 0.15) is 12.7 Å². The average molecular weight is 305 g/mol. The zero-order chi connectivity index (χ0) is 15.7. The number of esters is 2. The van der Waals surface area contributed by atoms with Gasteiger partial charge in [-0.25, -0.2) is 0 Å². The molecule has 1 saturated heterocycles. The molecule has 0 saturated carbocycles. The quantitative estimate of drug-likeness (QED) is 0.859. The van der Waals surface area contributed by atoms with Gasteiger partial charge in [0, 0.05) is 31.5 Å². The number of fused-ring (bicyclic) bond motifs is 4. The van der Waals surface area contributed by atoms with E-state index < -0.39 is 12.2 Å². The maximum Gasteiger partial charge on any atom is 0.303 e. The van der Waals surface area contributed by atoms with Gasteiger partial charge in [-0.15, -0.1) is 0 Å². The third-order valence-electron chi connectivity index (χ3n) is 3.97. The van der Waals surface area contributed by atoms with E-state index in [2.05, 4.69) is 5.32 Å².